The first-order valence-electron chi connectivity index (χ1n) is 8.90. The molecule has 3 rings (SSSR count). The zero-order valence-electron chi connectivity index (χ0n) is 15.4. The van der Waals surface area contributed by atoms with Gasteiger partial charge in [-0.25, -0.2) is 16.3 Å². The topological polar surface area (TPSA) is 84.0 Å². The van der Waals surface area contributed by atoms with Gasteiger partial charge in [-0.1, -0.05) is 24.3 Å². The van der Waals surface area contributed by atoms with Gasteiger partial charge in [-0.2, -0.15) is 5.10 Å². The minimum atomic E-state index is -0.357. The van der Waals surface area contributed by atoms with E-state index in [0.29, 0.717) is 13.0 Å². The lowest BCUT2D eigenvalue weighted by Gasteiger charge is -2.10. The van der Waals surface area contributed by atoms with Crippen molar-refractivity contribution in [2.24, 2.45) is 5.10 Å². The smallest absolute Gasteiger partial charge is 0.258 e. The number of carbonyl (C=O) groups excluding carboxylic acids is 1. The number of nitrogens with zero attached hydrogens (tertiary/aromatic N) is 1. The number of carbonyl (C=O) groups is 1. The number of hydrogen-bond acceptors (Lipinski definition) is 6. The number of hydrogen-bond donors (Lipinski definition) is 3. The van der Waals surface area contributed by atoms with Crippen LogP contribution in [-0.2, 0) is 4.79 Å². The standard InChI is InChI=1S/C20H24N4O3/c1-3-27-16-9-7-15(8-10-16)18-12-19(23-22-18)20(25)24-21-13-14-5-4-6-17(11-14)26-2/h4-11,13,18-19,22-23H,3,12H2,1-2H3,(H,24,25)/b21-13+. The van der Waals surface area contributed by atoms with Gasteiger partial charge < -0.3 is 9.47 Å². The van der Waals surface area contributed by atoms with Gasteiger partial charge in [0.25, 0.3) is 5.91 Å². The van der Waals surface area contributed by atoms with E-state index in [1.54, 1.807) is 13.3 Å². The summed E-state index contributed by atoms with van der Waals surface area (Å²) >= 11 is 0. The summed E-state index contributed by atoms with van der Waals surface area (Å²) in [5, 5.41) is 4.03. The van der Waals surface area contributed by atoms with Gasteiger partial charge in [-0.3, -0.25) is 4.79 Å². The van der Waals surface area contributed by atoms with Crippen LogP contribution in [0.1, 0.15) is 30.5 Å². The second-order valence-electron chi connectivity index (χ2n) is 6.14. The fourth-order valence-corrected chi connectivity index (χ4v) is 2.88. The Hall–Kier alpha value is -2.90. The minimum Gasteiger partial charge on any atom is -0.497 e. The summed E-state index contributed by atoms with van der Waals surface area (Å²) in [5.74, 6) is 1.40. The lowest BCUT2D eigenvalue weighted by atomic mass is 10.0. The second kappa shape index (κ2) is 9.16. The van der Waals surface area contributed by atoms with E-state index in [4.69, 9.17) is 9.47 Å². The molecule has 0 saturated carbocycles. The van der Waals surface area contributed by atoms with Crippen molar-refractivity contribution in [3.8, 4) is 11.5 Å². The molecule has 1 saturated heterocycles. The van der Waals surface area contributed by atoms with E-state index in [1.165, 1.54) is 0 Å². The van der Waals surface area contributed by atoms with Crippen LogP contribution in [0, 0.1) is 0 Å². The van der Waals surface area contributed by atoms with E-state index in [1.807, 2.05) is 55.5 Å². The number of rotatable bonds is 7. The number of amides is 1. The number of methoxy groups -OCH3 is 1. The Bertz CT molecular complexity index is 792. The normalized spacial score (nSPS) is 19.2. The lowest BCUT2D eigenvalue weighted by molar-refractivity contribution is -0.122. The Balaban J connectivity index is 1.52. The van der Waals surface area contributed by atoms with Crippen molar-refractivity contribution in [2.45, 2.75) is 25.4 Å². The van der Waals surface area contributed by atoms with E-state index in [9.17, 15) is 4.79 Å². The first-order valence-corrected chi connectivity index (χ1v) is 8.90. The van der Waals surface area contributed by atoms with Crippen molar-refractivity contribution in [3.05, 3.63) is 59.7 Å². The van der Waals surface area contributed by atoms with Crippen molar-refractivity contribution in [1.29, 1.82) is 0 Å². The van der Waals surface area contributed by atoms with Gasteiger partial charge in [0, 0.05) is 6.04 Å². The van der Waals surface area contributed by atoms with E-state index in [2.05, 4.69) is 21.4 Å². The van der Waals surface area contributed by atoms with Gasteiger partial charge in [0.2, 0.25) is 0 Å². The molecule has 3 N–H and O–H groups in total. The zero-order valence-corrected chi connectivity index (χ0v) is 15.4. The van der Waals surface area contributed by atoms with Gasteiger partial charge >= 0.3 is 0 Å². The van der Waals surface area contributed by atoms with Crippen molar-refractivity contribution >= 4 is 12.1 Å². The average molecular weight is 368 g/mol. The molecule has 2 aromatic rings. The Labute approximate surface area is 158 Å². The third-order valence-corrected chi connectivity index (χ3v) is 4.30. The first-order chi connectivity index (χ1) is 13.2. The molecule has 0 radical (unpaired) electrons. The monoisotopic (exact) mass is 368 g/mol. The molecular weight excluding hydrogens is 344 g/mol. The Morgan fingerprint density at radius 3 is 2.78 bits per heavy atom. The van der Waals surface area contributed by atoms with E-state index < -0.39 is 0 Å². The van der Waals surface area contributed by atoms with E-state index in [-0.39, 0.29) is 18.0 Å². The molecule has 1 aliphatic rings. The maximum atomic E-state index is 12.3. The van der Waals surface area contributed by atoms with Crippen LogP contribution in [0.25, 0.3) is 0 Å². The molecule has 2 atom stereocenters. The molecule has 27 heavy (non-hydrogen) atoms. The largest absolute Gasteiger partial charge is 0.497 e. The summed E-state index contributed by atoms with van der Waals surface area (Å²) < 4.78 is 10.6. The van der Waals surface area contributed by atoms with Crippen LogP contribution >= 0.6 is 0 Å². The van der Waals surface area contributed by atoms with E-state index in [0.717, 1.165) is 22.6 Å². The molecule has 142 valence electrons. The van der Waals surface area contributed by atoms with Crippen molar-refractivity contribution in [2.75, 3.05) is 13.7 Å². The molecule has 2 aromatic carbocycles. The van der Waals surface area contributed by atoms with Gasteiger partial charge in [0.05, 0.1) is 19.9 Å². The van der Waals surface area contributed by atoms with Gasteiger partial charge in [0.1, 0.15) is 17.5 Å². The van der Waals surface area contributed by atoms with Crippen LogP contribution in [0.5, 0.6) is 11.5 Å². The first kappa shape index (κ1) is 18.9. The summed E-state index contributed by atoms with van der Waals surface area (Å²) in [6, 6.07) is 15.0. The van der Waals surface area contributed by atoms with Gasteiger partial charge in [-0.05, 0) is 48.7 Å². The molecule has 1 amide bonds. The average Bonchev–Trinajstić information content (AvgIpc) is 3.19. The molecular formula is C20H24N4O3. The van der Waals surface area contributed by atoms with Crippen LogP contribution < -0.4 is 25.8 Å². The number of hydrazine groups is 1. The number of benzene rings is 2. The molecule has 0 aliphatic carbocycles. The summed E-state index contributed by atoms with van der Waals surface area (Å²) in [6.45, 7) is 2.59. The molecule has 7 nitrogen and oxygen atoms in total. The molecule has 7 heteroatoms. The Morgan fingerprint density at radius 2 is 2.04 bits per heavy atom. The zero-order chi connectivity index (χ0) is 19.1. The van der Waals surface area contributed by atoms with Crippen LogP contribution in [-0.4, -0.2) is 31.9 Å². The van der Waals surface area contributed by atoms with Crippen LogP contribution in [0.3, 0.4) is 0 Å². The summed E-state index contributed by atoms with van der Waals surface area (Å²) in [6.07, 6.45) is 2.22. The molecule has 0 spiro atoms. The maximum Gasteiger partial charge on any atom is 0.258 e. The molecule has 1 heterocycles. The van der Waals surface area contributed by atoms with Crippen molar-refractivity contribution < 1.29 is 14.3 Å². The molecule has 2 unspecified atom stereocenters. The maximum absolute atomic E-state index is 12.3. The molecule has 1 aliphatic heterocycles. The highest BCUT2D eigenvalue weighted by Crippen LogP contribution is 2.24. The third-order valence-electron chi connectivity index (χ3n) is 4.30. The summed E-state index contributed by atoms with van der Waals surface area (Å²) in [4.78, 5) is 12.3. The quantitative estimate of drug-likeness (QED) is 0.515. The second-order valence-corrected chi connectivity index (χ2v) is 6.14. The molecule has 0 bridgehead atoms. The molecule has 0 aromatic heterocycles. The fraction of sp³-hybridized carbons (Fsp3) is 0.300. The molecule has 1 fully saturated rings. The van der Waals surface area contributed by atoms with Crippen molar-refractivity contribution in [3.63, 3.8) is 0 Å². The SMILES string of the molecule is CCOc1ccc(C2CC(C(=O)N/N=C/c3cccc(OC)c3)NN2)cc1. The number of hydrazone groups is 1. The fourth-order valence-electron chi connectivity index (χ4n) is 2.88. The number of ether oxygens (including phenoxy) is 2. The van der Waals surface area contributed by atoms with E-state index >= 15 is 0 Å². The lowest BCUT2D eigenvalue weighted by Crippen LogP contribution is -2.41. The predicted octanol–water partition coefficient (Wildman–Crippen LogP) is 2.15. The Morgan fingerprint density at radius 1 is 1.22 bits per heavy atom. The Kier molecular flexibility index (Phi) is 6.40. The highest BCUT2D eigenvalue weighted by atomic mass is 16.5. The van der Waals surface area contributed by atoms with Crippen LogP contribution in [0.2, 0.25) is 0 Å². The minimum absolute atomic E-state index is 0.0544. The summed E-state index contributed by atoms with van der Waals surface area (Å²) in [7, 11) is 1.61. The predicted molar refractivity (Wildman–Crippen MR) is 104 cm³/mol. The highest BCUT2D eigenvalue weighted by Gasteiger charge is 2.29. The highest BCUT2D eigenvalue weighted by molar-refractivity contribution is 5.85. The third kappa shape index (κ3) is 5.06. The van der Waals surface area contributed by atoms with Crippen LogP contribution in [0.4, 0.5) is 0 Å². The summed E-state index contributed by atoms with van der Waals surface area (Å²) in [5.41, 5.74) is 10.7. The van der Waals surface area contributed by atoms with Gasteiger partial charge in [-0.15, -0.1) is 0 Å². The van der Waals surface area contributed by atoms with Crippen LogP contribution in [0.15, 0.2) is 53.6 Å². The van der Waals surface area contributed by atoms with Gasteiger partial charge in [0.15, 0.2) is 0 Å². The van der Waals surface area contributed by atoms with Crippen molar-refractivity contribution in [1.82, 2.24) is 16.3 Å². The number of nitrogens with one attached hydrogen (secondary N) is 3.